The zero-order chi connectivity index (χ0) is 23.6. The first-order chi connectivity index (χ1) is 15.1. The van der Waals surface area contributed by atoms with Crippen molar-refractivity contribution in [3.8, 4) is 0 Å². The molecule has 7 nitrogen and oxygen atoms in total. The Hall–Kier alpha value is -1.70. The van der Waals surface area contributed by atoms with E-state index in [4.69, 9.17) is 4.74 Å². The molecule has 1 amide bonds. The summed E-state index contributed by atoms with van der Waals surface area (Å²) in [6.07, 6.45) is 11.6. The van der Waals surface area contributed by atoms with Crippen LogP contribution in [0.1, 0.15) is 83.8 Å². The van der Waals surface area contributed by atoms with Gasteiger partial charge in [0.15, 0.2) is 0 Å². The van der Waals surface area contributed by atoms with E-state index in [1.807, 2.05) is 33.2 Å². The number of aromatic nitrogens is 1. The van der Waals surface area contributed by atoms with Crippen LogP contribution in [0.25, 0.3) is 0 Å². The van der Waals surface area contributed by atoms with E-state index in [9.17, 15) is 10.0 Å². The third-order valence-corrected chi connectivity index (χ3v) is 6.39. The molecule has 0 radical (unpaired) electrons. The predicted octanol–water partition coefficient (Wildman–Crippen LogP) is 3.42. The van der Waals surface area contributed by atoms with Crippen molar-refractivity contribution in [2.24, 2.45) is 0 Å². The molecule has 0 aromatic carbocycles. The largest absolute Gasteiger partial charge is 0.634 e. The second-order valence-electron chi connectivity index (χ2n) is 10.4. The summed E-state index contributed by atoms with van der Waals surface area (Å²) >= 11 is 0. The average Bonchev–Trinajstić information content (AvgIpc) is 3.06. The number of hydrogen-bond acceptors (Lipinski definition) is 5. The fourth-order valence-corrected chi connectivity index (χ4v) is 4.30. The lowest BCUT2D eigenvalue weighted by Crippen LogP contribution is -3.07. The summed E-state index contributed by atoms with van der Waals surface area (Å²) in [5.74, 6) is 0. The summed E-state index contributed by atoms with van der Waals surface area (Å²) in [5.41, 5.74) is 2.15. The van der Waals surface area contributed by atoms with Gasteiger partial charge < -0.3 is 20.3 Å². The maximum Gasteiger partial charge on any atom is 0.407 e. The SMILES string of the molecule is CN1CCC[C@@]1(C)c1cncc(CCC[NH+]([O-])CCCCCCNC(=O)OC(C)(C)C)c1. The number of nitrogens with zero attached hydrogens (tertiary/aromatic N) is 2. The van der Waals surface area contributed by atoms with E-state index in [2.05, 4.69) is 35.2 Å². The molecule has 0 bridgehead atoms. The normalized spacial score (nSPS) is 20.3. The van der Waals surface area contributed by atoms with Crippen molar-refractivity contribution in [1.29, 1.82) is 0 Å². The van der Waals surface area contributed by atoms with Crippen molar-refractivity contribution in [3.05, 3.63) is 34.8 Å². The van der Waals surface area contributed by atoms with Crippen LogP contribution in [0.2, 0.25) is 0 Å². The second kappa shape index (κ2) is 12.5. The summed E-state index contributed by atoms with van der Waals surface area (Å²) in [7, 11) is 2.19. The van der Waals surface area contributed by atoms with E-state index < -0.39 is 5.60 Å². The summed E-state index contributed by atoms with van der Waals surface area (Å²) < 4.78 is 5.21. The molecule has 7 heteroatoms. The van der Waals surface area contributed by atoms with Crippen molar-refractivity contribution in [1.82, 2.24) is 15.2 Å². The number of quaternary nitrogens is 1. The highest BCUT2D eigenvalue weighted by atomic mass is 16.6. The number of hydrogen-bond donors (Lipinski definition) is 2. The Bertz CT molecular complexity index is 707. The van der Waals surface area contributed by atoms with Gasteiger partial charge in [-0.25, -0.2) is 4.79 Å². The van der Waals surface area contributed by atoms with Gasteiger partial charge in [0, 0.05) is 30.9 Å². The molecule has 2 N–H and O–H groups in total. The first-order valence-corrected chi connectivity index (χ1v) is 12.2. The molecule has 1 saturated heterocycles. The molecule has 1 aliphatic heterocycles. The van der Waals surface area contributed by atoms with Gasteiger partial charge in [0.25, 0.3) is 0 Å². The van der Waals surface area contributed by atoms with E-state index in [-0.39, 0.29) is 11.6 Å². The van der Waals surface area contributed by atoms with Crippen LogP contribution in [0.4, 0.5) is 4.79 Å². The number of ether oxygens (including phenoxy) is 1. The van der Waals surface area contributed by atoms with Gasteiger partial charge in [-0.2, -0.15) is 0 Å². The summed E-state index contributed by atoms with van der Waals surface area (Å²) in [4.78, 5) is 18.5. The third kappa shape index (κ3) is 9.04. The average molecular weight is 449 g/mol. The minimum Gasteiger partial charge on any atom is -0.634 e. The van der Waals surface area contributed by atoms with Crippen LogP contribution in [0.15, 0.2) is 18.5 Å². The molecule has 32 heavy (non-hydrogen) atoms. The van der Waals surface area contributed by atoms with E-state index >= 15 is 0 Å². The van der Waals surface area contributed by atoms with Gasteiger partial charge in [0.05, 0.1) is 13.1 Å². The highest BCUT2D eigenvalue weighted by Gasteiger charge is 2.35. The Kier molecular flexibility index (Phi) is 10.4. The standard InChI is InChI=1S/C25H44N4O3/c1-24(2,3)32-23(30)27-14-8-6-7-9-16-29(31)17-10-12-21-18-22(20-26-19-21)25(4)13-11-15-28(25)5/h18-20,29H,6-17H2,1-5H3,(H,27,30)/t25-/m0/s1. The Balaban J connectivity index is 1.55. The number of aryl methyl sites for hydroxylation is 1. The highest BCUT2D eigenvalue weighted by Crippen LogP contribution is 2.37. The summed E-state index contributed by atoms with van der Waals surface area (Å²) in [6.45, 7) is 10.9. The van der Waals surface area contributed by atoms with E-state index in [0.29, 0.717) is 24.7 Å². The molecular formula is C25H44N4O3. The van der Waals surface area contributed by atoms with Crippen molar-refractivity contribution in [3.63, 3.8) is 0 Å². The monoisotopic (exact) mass is 448 g/mol. The van der Waals surface area contributed by atoms with Crippen molar-refractivity contribution >= 4 is 6.09 Å². The molecule has 2 atom stereocenters. The van der Waals surface area contributed by atoms with Crippen molar-refractivity contribution in [2.75, 3.05) is 33.2 Å². The minimum atomic E-state index is -0.464. The first-order valence-electron chi connectivity index (χ1n) is 12.2. The fraction of sp³-hybridized carbons (Fsp3) is 0.760. The Morgan fingerprint density at radius 2 is 1.94 bits per heavy atom. The van der Waals surface area contributed by atoms with E-state index in [1.165, 1.54) is 24.0 Å². The first kappa shape index (κ1) is 26.6. The highest BCUT2D eigenvalue weighted by molar-refractivity contribution is 5.67. The zero-order valence-electron chi connectivity index (χ0n) is 20.8. The number of amides is 1. The number of pyridine rings is 1. The molecule has 2 heterocycles. The number of alkyl carbamates (subject to hydrolysis) is 1. The third-order valence-electron chi connectivity index (χ3n) is 6.39. The van der Waals surface area contributed by atoms with Crippen molar-refractivity contribution in [2.45, 2.75) is 90.2 Å². The Morgan fingerprint density at radius 3 is 2.62 bits per heavy atom. The second-order valence-corrected chi connectivity index (χ2v) is 10.4. The maximum absolute atomic E-state index is 12.2. The quantitative estimate of drug-likeness (QED) is 0.378. The molecule has 1 aliphatic rings. The van der Waals surface area contributed by atoms with Crippen LogP contribution in [0.3, 0.4) is 0 Å². The predicted molar refractivity (Wildman–Crippen MR) is 129 cm³/mol. The lowest BCUT2D eigenvalue weighted by atomic mass is 9.89. The van der Waals surface area contributed by atoms with Gasteiger partial charge in [-0.3, -0.25) is 9.88 Å². The maximum atomic E-state index is 12.2. The number of hydroxylamine groups is 2. The van der Waals surface area contributed by atoms with Crippen LogP contribution in [0, 0.1) is 5.21 Å². The number of carbonyl (C=O) groups excluding carboxylic acids is 1. The van der Waals surface area contributed by atoms with Crippen LogP contribution in [-0.2, 0) is 16.7 Å². The number of rotatable bonds is 12. The van der Waals surface area contributed by atoms with Gasteiger partial charge in [0.1, 0.15) is 5.60 Å². The Labute approximate surface area is 194 Å². The molecule has 1 aromatic heterocycles. The molecular weight excluding hydrogens is 404 g/mol. The Morgan fingerprint density at radius 1 is 1.22 bits per heavy atom. The molecule has 0 aliphatic carbocycles. The number of carbonyl (C=O) groups is 1. The smallest absolute Gasteiger partial charge is 0.407 e. The number of nitrogens with one attached hydrogen (secondary N) is 2. The van der Waals surface area contributed by atoms with Gasteiger partial charge >= 0.3 is 6.09 Å². The minimum absolute atomic E-state index is 0.0846. The summed E-state index contributed by atoms with van der Waals surface area (Å²) in [5, 5.41) is 15.3. The topological polar surface area (TPSA) is 82.0 Å². The van der Waals surface area contributed by atoms with Crippen LogP contribution in [-0.4, -0.2) is 54.8 Å². The zero-order valence-corrected chi connectivity index (χ0v) is 20.8. The molecule has 2 rings (SSSR count). The van der Waals surface area contributed by atoms with Crippen LogP contribution < -0.4 is 10.4 Å². The molecule has 1 aromatic rings. The molecule has 1 fully saturated rings. The van der Waals surface area contributed by atoms with Crippen LogP contribution >= 0.6 is 0 Å². The van der Waals surface area contributed by atoms with E-state index in [0.717, 1.165) is 45.1 Å². The number of unbranched alkanes of at least 4 members (excludes halogenated alkanes) is 3. The molecule has 1 unspecified atom stereocenters. The summed E-state index contributed by atoms with van der Waals surface area (Å²) in [6, 6.07) is 2.28. The molecule has 182 valence electrons. The molecule has 0 saturated carbocycles. The lowest BCUT2D eigenvalue weighted by Gasteiger charge is -2.32. The van der Waals surface area contributed by atoms with Gasteiger partial charge in [-0.05, 0) is 90.9 Å². The van der Waals surface area contributed by atoms with Crippen molar-refractivity contribution < 1.29 is 14.6 Å². The molecule has 0 spiro atoms. The van der Waals surface area contributed by atoms with Gasteiger partial charge in [-0.1, -0.05) is 12.5 Å². The number of likely N-dealkylation sites (tertiary alicyclic amines) is 1. The van der Waals surface area contributed by atoms with Gasteiger partial charge in [0.2, 0.25) is 0 Å². The van der Waals surface area contributed by atoms with Crippen LogP contribution in [0.5, 0.6) is 0 Å². The van der Waals surface area contributed by atoms with Gasteiger partial charge in [-0.15, -0.1) is 0 Å². The lowest BCUT2D eigenvalue weighted by molar-refractivity contribution is -0.848. The fourth-order valence-electron chi connectivity index (χ4n) is 4.30. The van der Waals surface area contributed by atoms with E-state index in [1.54, 1.807) is 0 Å².